The molecule has 1 aliphatic rings. The number of aryl methyl sites for hydroxylation is 2. The van der Waals surface area contributed by atoms with Crippen molar-refractivity contribution >= 4 is 40.6 Å². The number of carbonyl (C=O) groups is 2. The number of benzene rings is 3. The molecule has 2 amide bonds. The molecular formula is C35H34N6O3S2. The maximum atomic E-state index is 13.8. The summed E-state index contributed by atoms with van der Waals surface area (Å²) >= 11 is 2.96. The lowest BCUT2D eigenvalue weighted by Crippen LogP contribution is -2.28. The van der Waals surface area contributed by atoms with Gasteiger partial charge in [0.1, 0.15) is 5.75 Å². The van der Waals surface area contributed by atoms with E-state index in [2.05, 4.69) is 58.8 Å². The molecule has 9 nitrogen and oxygen atoms in total. The summed E-state index contributed by atoms with van der Waals surface area (Å²) < 4.78 is 7.34. The first kappa shape index (κ1) is 31.3. The summed E-state index contributed by atoms with van der Waals surface area (Å²) in [7, 11) is 1.54. The fraction of sp³-hybridized carbons (Fsp3) is 0.229. The van der Waals surface area contributed by atoms with E-state index in [0.29, 0.717) is 35.3 Å². The molecule has 5 aromatic rings. The Labute approximate surface area is 276 Å². The molecule has 0 unspecified atom stereocenters. The summed E-state index contributed by atoms with van der Waals surface area (Å²) in [5.41, 5.74) is 4.74. The number of aromatic nitrogens is 3. The number of nitrogens with zero attached hydrogens (tertiary/aromatic N) is 5. The van der Waals surface area contributed by atoms with Gasteiger partial charge in [0.05, 0.1) is 41.6 Å². The number of thiophene rings is 1. The van der Waals surface area contributed by atoms with E-state index in [0.717, 1.165) is 22.6 Å². The van der Waals surface area contributed by atoms with Crippen molar-refractivity contribution in [2.45, 2.75) is 44.1 Å². The number of methoxy groups -OCH3 is 1. The number of carbonyl (C=O) groups excluding carboxylic acids is 2. The number of thioether (sulfide) groups is 1. The third-order valence-corrected chi connectivity index (χ3v) is 9.65. The fourth-order valence-electron chi connectivity index (χ4n) is 5.33. The zero-order valence-electron chi connectivity index (χ0n) is 25.6. The molecule has 0 bridgehead atoms. The standard InChI is InChI=1S/C35H34N6O3S2/c1-24-14-16-26(17-15-24)29-21-28(31-13-8-20-45-31)39-41(29)33(42)23-46-35-38-37-32(40(35)19-18-25-9-4-3-5-10-25)22-36-34(43)27-11-6-7-12-30(27)44-2/h3-17,20,29H,18-19,21-23H2,1-2H3,(H,36,43)/t29-/m0/s1. The third kappa shape index (κ3) is 7.21. The molecule has 0 aliphatic carbocycles. The van der Waals surface area contributed by atoms with E-state index in [-0.39, 0.29) is 30.2 Å². The molecule has 1 atom stereocenters. The van der Waals surface area contributed by atoms with Crippen molar-refractivity contribution in [2.75, 3.05) is 12.9 Å². The Balaban J connectivity index is 1.20. The lowest BCUT2D eigenvalue weighted by molar-refractivity contribution is -0.130. The monoisotopic (exact) mass is 650 g/mol. The first-order chi connectivity index (χ1) is 22.5. The summed E-state index contributed by atoms with van der Waals surface area (Å²) in [6, 6.07) is 29.4. The van der Waals surface area contributed by atoms with Gasteiger partial charge in [-0.2, -0.15) is 5.10 Å². The normalized spacial score (nSPS) is 14.3. The third-order valence-electron chi connectivity index (χ3n) is 7.78. The van der Waals surface area contributed by atoms with Crippen LogP contribution in [0.3, 0.4) is 0 Å². The largest absolute Gasteiger partial charge is 0.496 e. The minimum absolute atomic E-state index is 0.106. The van der Waals surface area contributed by atoms with Gasteiger partial charge in [0.2, 0.25) is 0 Å². The number of hydrazone groups is 1. The van der Waals surface area contributed by atoms with Gasteiger partial charge in [-0.25, -0.2) is 5.01 Å². The molecule has 0 fully saturated rings. The molecule has 46 heavy (non-hydrogen) atoms. The second-order valence-electron chi connectivity index (χ2n) is 10.9. The summed E-state index contributed by atoms with van der Waals surface area (Å²) in [6.07, 6.45) is 1.40. The quantitative estimate of drug-likeness (QED) is 0.159. The summed E-state index contributed by atoms with van der Waals surface area (Å²) in [5.74, 6) is 0.864. The van der Waals surface area contributed by atoms with Crippen molar-refractivity contribution < 1.29 is 14.3 Å². The Morgan fingerprint density at radius 2 is 1.76 bits per heavy atom. The van der Waals surface area contributed by atoms with E-state index in [1.165, 1.54) is 30.0 Å². The van der Waals surface area contributed by atoms with Crippen LogP contribution in [0.15, 0.2) is 107 Å². The van der Waals surface area contributed by atoms with Crippen LogP contribution in [0, 0.1) is 6.92 Å². The van der Waals surface area contributed by atoms with Crippen LogP contribution < -0.4 is 10.1 Å². The highest BCUT2D eigenvalue weighted by Crippen LogP contribution is 2.35. The first-order valence-corrected chi connectivity index (χ1v) is 16.9. The van der Waals surface area contributed by atoms with Gasteiger partial charge in [0, 0.05) is 13.0 Å². The Hall–Kier alpha value is -4.74. The number of rotatable bonds is 12. The number of amides is 2. The van der Waals surface area contributed by atoms with Crippen molar-refractivity contribution in [3.63, 3.8) is 0 Å². The zero-order valence-corrected chi connectivity index (χ0v) is 27.3. The average Bonchev–Trinajstić information content (AvgIpc) is 3.86. The number of hydrogen-bond acceptors (Lipinski definition) is 8. The second-order valence-corrected chi connectivity index (χ2v) is 12.7. The van der Waals surface area contributed by atoms with E-state index in [1.807, 2.05) is 46.3 Å². The SMILES string of the molecule is COc1ccccc1C(=O)NCc1nnc(SCC(=O)N2N=C(c3cccs3)C[C@H]2c2ccc(C)cc2)n1CCc1ccccc1. The topological polar surface area (TPSA) is 102 Å². The molecule has 0 spiro atoms. The minimum Gasteiger partial charge on any atom is -0.496 e. The molecule has 0 radical (unpaired) electrons. The van der Waals surface area contributed by atoms with Gasteiger partial charge in [-0.05, 0) is 48.1 Å². The van der Waals surface area contributed by atoms with Crippen LogP contribution in [0.4, 0.5) is 0 Å². The number of nitrogens with one attached hydrogen (secondary N) is 1. The van der Waals surface area contributed by atoms with Crippen molar-refractivity contribution in [3.05, 3.63) is 129 Å². The van der Waals surface area contributed by atoms with Crippen molar-refractivity contribution in [1.29, 1.82) is 0 Å². The van der Waals surface area contributed by atoms with Gasteiger partial charge in [-0.3, -0.25) is 9.59 Å². The van der Waals surface area contributed by atoms with Crippen LogP contribution in [0.5, 0.6) is 5.75 Å². The average molecular weight is 651 g/mol. The van der Waals surface area contributed by atoms with Gasteiger partial charge in [0.25, 0.3) is 11.8 Å². The molecule has 3 aromatic carbocycles. The predicted octanol–water partition coefficient (Wildman–Crippen LogP) is 6.30. The van der Waals surface area contributed by atoms with E-state index >= 15 is 0 Å². The molecule has 1 aliphatic heterocycles. The highest BCUT2D eigenvalue weighted by Gasteiger charge is 2.33. The number of ether oxygens (including phenoxy) is 1. The second kappa shape index (κ2) is 14.6. The first-order valence-electron chi connectivity index (χ1n) is 15.0. The van der Waals surface area contributed by atoms with Gasteiger partial charge in [0.15, 0.2) is 11.0 Å². The fourth-order valence-corrected chi connectivity index (χ4v) is 6.88. The highest BCUT2D eigenvalue weighted by molar-refractivity contribution is 7.99. The number of hydrogen-bond donors (Lipinski definition) is 1. The summed E-state index contributed by atoms with van der Waals surface area (Å²) in [4.78, 5) is 27.9. The van der Waals surface area contributed by atoms with Crippen LogP contribution in [0.25, 0.3) is 0 Å². The number of para-hydroxylation sites is 1. The predicted molar refractivity (Wildman–Crippen MR) is 181 cm³/mol. The Morgan fingerprint density at radius 3 is 2.52 bits per heavy atom. The van der Waals surface area contributed by atoms with Crippen molar-refractivity contribution in [3.8, 4) is 5.75 Å². The molecule has 3 heterocycles. The van der Waals surface area contributed by atoms with E-state index in [1.54, 1.807) is 34.5 Å². The lowest BCUT2D eigenvalue weighted by Gasteiger charge is -2.22. The molecule has 1 N–H and O–H groups in total. The van der Waals surface area contributed by atoms with Gasteiger partial charge in [-0.1, -0.05) is 90.1 Å². The van der Waals surface area contributed by atoms with Gasteiger partial charge >= 0.3 is 0 Å². The van der Waals surface area contributed by atoms with Crippen LogP contribution >= 0.6 is 23.1 Å². The molecular weight excluding hydrogens is 617 g/mol. The Kier molecular flexibility index (Phi) is 9.90. The molecule has 11 heteroatoms. The smallest absolute Gasteiger partial charge is 0.255 e. The van der Waals surface area contributed by atoms with Crippen molar-refractivity contribution in [1.82, 2.24) is 25.1 Å². The maximum Gasteiger partial charge on any atom is 0.255 e. The Morgan fingerprint density at radius 1 is 0.978 bits per heavy atom. The van der Waals surface area contributed by atoms with Crippen LogP contribution in [-0.2, 0) is 24.3 Å². The highest BCUT2D eigenvalue weighted by atomic mass is 32.2. The molecule has 2 aromatic heterocycles. The van der Waals surface area contributed by atoms with Gasteiger partial charge in [-0.15, -0.1) is 21.5 Å². The van der Waals surface area contributed by atoms with E-state index in [9.17, 15) is 9.59 Å². The van der Waals surface area contributed by atoms with Crippen molar-refractivity contribution in [2.24, 2.45) is 5.10 Å². The molecule has 0 saturated carbocycles. The lowest BCUT2D eigenvalue weighted by atomic mass is 10.00. The maximum absolute atomic E-state index is 13.8. The van der Waals surface area contributed by atoms with Gasteiger partial charge < -0.3 is 14.6 Å². The van der Waals surface area contributed by atoms with E-state index < -0.39 is 0 Å². The molecule has 0 saturated heterocycles. The van der Waals surface area contributed by atoms with E-state index in [4.69, 9.17) is 9.84 Å². The zero-order chi connectivity index (χ0) is 31.9. The minimum atomic E-state index is -0.268. The Bertz CT molecular complexity index is 1820. The van der Waals surface area contributed by atoms with Crippen LogP contribution in [0.2, 0.25) is 0 Å². The summed E-state index contributed by atoms with van der Waals surface area (Å²) in [5, 5.41) is 20.9. The molecule has 6 rings (SSSR count). The molecule has 234 valence electrons. The van der Waals surface area contributed by atoms with Crippen LogP contribution in [-0.4, -0.2) is 50.2 Å². The van der Waals surface area contributed by atoms with Crippen LogP contribution in [0.1, 0.15) is 50.2 Å². The summed E-state index contributed by atoms with van der Waals surface area (Å²) in [6.45, 7) is 2.81.